The maximum absolute atomic E-state index is 12.5. The van der Waals surface area contributed by atoms with Crippen molar-refractivity contribution in [1.82, 2.24) is 4.90 Å². The molecule has 2 heteroatoms. The number of nitrogens with zero attached hydrogens (tertiary/aromatic N) is 1. The summed E-state index contributed by atoms with van der Waals surface area (Å²) in [7, 11) is 1.86. The van der Waals surface area contributed by atoms with E-state index in [2.05, 4.69) is 24.7 Å². The summed E-state index contributed by atoms with van der Waals surface area (Å²) in [4.78, 5) is 14.3. The van der Waals surface area contributed by atoms with E-state index in [1.807, 2.05) is 7.05 Å². The summed E-state index contributed by atoms with van der Waals surface area (Å²) in [5.41, 5.74) is 0. The molecule has 0 radical (unpaired) electrons. The van der Waals surface area contributed by atoms with Gasteiger partial charge in [-0.15, -0.1) is 18.9 Å². The van der Waals surface area contributed by atoms with E-state index in [-0.39, 0.29) is 11.8 Å². The highest BCUT2D eigenvalue weighted by Gasteiger charge is 2.48. The van der Waals surface area contributed by atoms with Crippen LogP contribution in [0, 0.1) is 36.0 Å². The third-order valence-electron chi connectivity index (χ3n) is 4.31. The van der Waals surface area contributed by atoms with Crippen LogP contribution in [0.5, 0.6) is 0 Å². The molecule has 4 unspecified atom stereocenters. The Kier molecular flexibility index (Phi) is 3.91. The first-order valence-electron chi connectivity index (χ1n) is 6.66. The van der Waals surface area contributed by atoms with Gasteiger partial charge in [-0.3, -0.25) is 4.79 Å². The quantitative estimate of drug-likeness (QED) is 0.536. The van der Waals surface area contributed by atoms with E-state index in [0.29, 0.717) is 24.3 Å². The summed E-state index contributed by atoms with van der Waals surface area (Å²) in [5, 5.41) is 0. The van der Waals surface area contributed by atoms with Gasteiger partial charge in [0.15, 0.2) is 0 Å². The maximum Gasteiger partial charge on any atom is 0.226 e. The zero-order valence-corrected chi connectivity index (χ0v) is 11.0. The Morgan fingerprint density at radius 1 is 1.56 bits per heavy atom. The fourth-order valence-electron chi connectivity index (χ4n) is 3.47. The number of rotatable bonds is 5. The van der Waals surface area contributed by atoms with Gasteiger partial charge in [-0.25, -0.2) is 0 Å². The molecule has 1 fully saturated rings. The van der Waals surface area contributed by atoms with Gasteiger partial charge in [-0.2, -0.15) is 0 Å². The van der Waals surface area contributed by atoms with Crippen LogP contribution in [0.2, 0.25) is 0 Å². The monoisotopic (exact) mass is 243 g/mol. The van der Waals surface area contributed by atoms with Crippen molar-refractivity contribution in [3.63, 3.8) is 0 Å². The van der Waals surface area contributed by atoms with Crippen LogP contribution in [-0.2, 0) is 4.79 Å². The van der Waals surface area contributed by atoms with Crippen LogP contribution in [0.25, 0.3) is 0 Å². The number of fused-ring (bicyclic) bond motifs is 2. The van der Waals surface area contributed by atoms with E-state index in [0.717, 1.165) is 19.3 Å². The fourth-order valence-corrected chi connectivity index (χ4v) is 3.47. The molecule has 0 aromatic rings. The summed E-state index contributed by atoms with van der Waals surface area (Å²) in [6, 6.07) is 0. The second-order valence-corrected chi connectivity index (χ2v) is 5.39. The molecule has 2 rings (SSSR count). The SMILES string of the molecule is C#CCCC1C2C=CC(C2)C1C(=O)N(C)CC=C. The molecule has 2 aliphatic rings. The van der Waals surface area contributed by atoms with E-state index in [4.69, 9.17) is 6.42 Å². The number of hydrogen-bond donors (Lipinski definition) is 0. The summed E-state index contributed by atoms with van der Waals surface area (Å²) in [6.45, 7) is 4.32. The van der Waals surface area contributed by atoms with Crippen molar-refractivity contribution in [2.24, 2.45) is 23.7 Å². The summed E-state index contributed by atoms with van der Waals surface area (Å²) >= 11 is 0. The molecule has 2 bridgehead atoms. The van der Waals surface area contributed by atoms with E-state index in [1.165, 1.54) is 0 Å². The first-order valence-corrected chi connectivity index (χ1v) is 6.66. The summed E-state index contributed by atoms with van der Waals surface area (Å²) < 4.78 is 0. The van der Waals surface area contributed by atoms with Gasteiger partial charge in [0, 0.05) is 25.9 Å². The highest BCUT2D eigenvalue weighted by atomic mass is 16.2. The Morgan fingerprint density at radius 3 is 2.94 bits per heavy atom. The smallest absolute Gasteiger partial charge is 0.226 e. The molecular weight excluding hydrogens is 222 g/mol. The highest BCUT2D eigenvalue weighted by molar-refractivity contribution is 5.80. The molecule has 0 saturated heterocycles. The third-order valence-corrected chi connectivity index (χ3v) is 4.31. The lowest BCUT2D eigenvalue weighted by atomic mass is 9.79. The number of terminal acetylenes is 1. The minimum atomic E-state index is 0.137. The Balaban J connectivity index is 2.09. The molecule has 4 atom stereocenters. The van der Waals surface area contributed by atoms with Gasteiger partial charge in [0.25, 0.3) is 0 Å². The zero-order chi connectivity index (χ0) is 13.1. The van der Waals surface area contributed by atoms with Gasteiger partial charge in [0.2, 0.25) is 5.91 Å². The van der Waals surface area contributed by atoms with E-state index in [1.54, 1.807) is 11.0 Å². The minimum absolute atomic E-state index is 0.137. The van der Waals surface area contributed by atoms with Crippen molar-refractivity contribution in [1.29, 1.82) is 0 Å². The topological polar surface area (TPSA) is 20.3 Å². The lowest BCUT2D eigenvalue weighted by Gasteiger charge is -2.30. The fraction of sp³-hybridized carbons (Fsp3) is 0.562. The number of likely N-dealkylation sites (N-methyl/N-ethyl adjacent to an activating group) is 1. The molecule has 0 heterocycles. The van der Waals surface area contributed by atoms with Gasteiger partial charge < -0.3 is 4.90 Å². The lowest BCUT2D eigenvalue weighted by molar-refractivity contribution is -0.136. The number of carbonyl (C=O) groups is 1. The Labute approximate surface area is 110 Å². The van der Waals surface area contributed by atoms with Crippen LogP contribution in [0.3, 0.4) is 0 Å². The molecule has 0 aromatic carbocycles. The number of carbonyl (C=O) groups excluding carboxylic acids is 1. The highest BCUT2D eigenvalue weighted by Crippen LogP contribution is 2.50. The molecular formula is C16H21NO. The van der Waals surface area contributed by atoms with Crippen molar-refractivity contribution in [3.8, 4) is 12.3 Å². The van der Waals surface area contributed by atoms with Crippen LogP contribution in [0.4, 0.5) is 0 Å². The Bertz CT molecular complexity index is 404. The van der Waals surface area contributed by atoms with E-state index < -0.39 is 0 Å². The predicted molar refractivity (Wildman–Crippen MR) is 73.6 cm³/mol. The molecule has 0 N–H and O–H groups in total. The van der Waals surface area contributed by atoms with E-state index in [9.17, 15) is 4.79 Å². The molecule has 0 aliphatic heterocycles. The molecule has 1 saturated carbocycles. The summed E-state index contributed by atoms with van der Waals surface area (Å²) in [5.74, 6) is 4.53. The number of allylic oxidation sites excluding steroid dienone is 2. The van der Waals surface area contributed by atoms with Gasteiger partial charge in [-0.1, -0.05) is 18.2 Å². The number of hydrogen-bond acceptors (Lipinski definition) is 1. The first-order chi connectivity index (χ1) is 8.69. The molecule has 0 aromatic heterocycles. The van der Waals surface area contributed by atoms with Gasteiger partial charge in [0.1, 0.15) is 0 Å². The zero-order valence-electron chi connectivity index (χ0n) is 11.0. The average molecular weight is 243 g/mol. The van der Waals surface area contributed by atoms with Crippen LogP contribution in [0.15, 0.2) is 24.8 Å². The molecule has 18 heavy (non-hydrogen) atoms. The van der Waals surface area contributed by atoms with Crippen molar-refractivity contribution in [3.05, 3.63) is 24.8 Å². The van der Waals surface area contributed by atoms with Crippen LogP contribution >= 0.6 is 0 Å². The van der Waals surface area contributed by atoms with Gasteiger partial charge in [-0.05, 0) is 30.6 Å². The largest absolute Gasteiger partial charge is 0.342 e. The second kappa shape index (κ2) is 5.44. The third kappa shape index (κ3) is 2.22. The van der Waals surface area contributed by atoms with Crippen LogP contribution in [0.1, 0.15) is 19.3 Å². The van der Waals surface area contributed by atoms with Crippen LogP contribution < -0.4 is 0 Å². The molecule has 1 amide bonds. The van der Waals surface area contributed by atoms with Crippen molar-refractivity contribution < 1.29 is 4.79 Å². The standard InChI is InChI=1S/C16H21NO/c1-4-6-7-14-12-8-9-13(11-12)15(14)16(18)17(3)10-5-2/h1,5,8-9,12-15H,2,6-7,10-11H2,3H3. The lowest BCUT2D eigenvalue weighted by Crippen LogP contribution is -2.38. The van der Waals surface area contributed by atoms with Crippen LogP contribution in [-0.4, -0.2) is 24.4 Å². The normalized spacial score (nSPS) is 32.2. The minimum Gasteiger partial charge on any atom is -0.342 e. The van der Waals surface area contributed by atoms with Crippen molar-refractivity contribution >= 4 is 5.91 Å². The van der Waals surface area contributed by atoms with Gasteiger partial charge in [0.05, 0.1) is 0 Å². The Hall–Kier alpha value is -1.49. The van der Waals surface area contributed by atoms with Crippen molar-refractivity contribution in [2.45, 2.75) is 19.3 Å². The van der Waals surface area contributed by atoms with E-state index >= 15 is 0 Å². The molecule has 2 nitrogen and oxygen atoms in total. The second-order valence-electron chi connectivity index (χ2n) is 5.39. The molecule has 96 valence electrons. The maximum atomic E-state index is 12.5. The summed E-state index contributed by atoms with van der Waals surface area (Å²) in [6.07, 6.45) is 14.5. The van der Waals surface area contributed by atoms with Gasteiger partial charge >= 0.3 is 0 Å². The Morgan fingerprint density at radius 2 is 2.28 bits per heavy atom. The first kappa shape index (κ1) is 13.0. The average Bonchev–Trinajstić information content (AvgIpc) is 2.95. The molecule has 2 aliphatic carbocycles. The van der Waals surface area contributed by atoms with Crippen molar-refractivity contribution in [2.75, 3.05) is 13.6 Å². The number of amides is 1. The molecule has 0 spiro atoms. The predicted octanol–water partition coefficient (Wildman–Crippen LogP) is 2.48.